The first-order valence-electron chi connectivity index (χ1n) is 7.48. The lowest BCUT2D eigenvalue weighted by Crippen LogP contribution is -2.22. The van der Waals surface area contributed by atoms with Gasteiger partial charge in [-0.15, -0.1) is 11.3 Å². The molecule has 0 aliphatic carbocycles. The number of aromatic nitrogens is 1. The molecule has 25 heavy (non-hydrogen) atoms. The molecule has 0 spiro atoms. The van der Waals surface area contributed by atoms with Crippen molar-refractivity contribution < 1.29 is 18.7 Å². The number of fused-ring (bicyclic) bond motifs is 1. The van der Waals surface area contributed by atoms with E-state index in [-0.39, 0.29) is 24.1 Å². The topological polar surface area (TPSA) is 60.3 Å². The number of hydrogen-bond acceptors (Lipinski definition) is 4. The van der Waals surface area contributed by atoms with Crippen molar-refractivity contribution in [3.63, 3.8) is 0 Å². The van der Waals surface area contributed by atoms with E-state index in [4.69, 9.17) is 16.3 Å². The molecule has 0 bridgehead atoms. The number of rotatable bonds is 5. The Bertz CT molecular complexity index is 951. The predicted octanol–water partition coefficient (Wildman–Crippen LogP) is 4.31. The van der Waals surface area contributed by atoms with Crippen molar-refractivity contribution >= 4 is 50.7 Å². The second kappa shape index (κ2) is 7.25. The fourth-order valence-electron chi connectivity index (χ4n) is 2.43. The Hall–Kier alpha value is -2.38. The highest BCUT2D eigenvalue weighted by atomic mass is 35.5. The van der Waals surface area contributed by atoms with Gasteiger partial charge in [-0.25, -0.2) is 9.18 Å². The van der Waals surface area contributed by atoms with Crippen LogP contribution in [0.2, 0.25) is 5.02 Å². The van der Waals surface area contributed by atoms with Crippen LogP contribution in [0.1, 0.15) is 17.4 Å². The molecule has 0 aliphatic heterocycles. The Balaban J connectivity index is 1.86. The third-order valence-corrected chi connectivity index (χ3v) is 4.76. The van der Waals surface area contributed by atoms with E-state index in [0.717, 1.165) is 16.3 Å². The van der Waals surface area contributed by atoms with Crippen LogP contribution in [-0.2, 0) is 16.1 Å². The molecule has 3 rings (SSSR count). The summed E-state index contributed by atoms with van der Waals surface area (Å²) in [5.74, 6) is -1.36. The summed E-state index contributed by atoms with van der Waals surface area (Å²) in [5, 5.41) is 5.47. The maximum Gasteiger partial charge on any atom is 0.355 e. The summed E-state index contributed by atoms with van der Waals surface area (Å²) in [6.45, 7) is 1.87. The molecule has 0 unspecified atom stereocenters. The van der Waals surface area contributed by atoms with Gasteiger partial charge in [-0.05, 0) is 42.6 Å². The van der Waals surface area contributed by atoms with Gasteiger partial charge in [0.2, 0.25) is 5.91 Å². The minimum absolute atomic E-state index is 0.0914. The summed E-state index contributed by atoms with van der Waals surface area (Å²) in [5.41, 5.74) is 0.615. The maximum atomic E-state index is 13.1. The molecule has 2 aromatic heterocycles. The van der Waals surface area contributed by atoms with Crippen LogP contribution >= 0.6 is 22.9 Å². The van der Waals surface area contributed by atoms with E-state index in [9.17, 15) is 14.0 Å². The van der Waals surface area contributed by atoms with Gasteiger partial charge in [-0.2, -0.15) is 0 Å². The number of halogens is 2. The second-order valence-electron chi connectivity index (χ2n) is 5.19. The van der Waals surface area contributed by atoms with E-state index in [1.54, 1.807) is 17.6 Å². The molecule has 0 saturated heterocycles. The van der Waals surface area contributed by atoms with Gasteiger partial charge in [-0.3, -0.25) is 4.79 Å². The van der Waals surface area contributed by atoms with Gasteiger partial charge in [-0.1, -0.05) is 11.6 Å². The van der Waals surface area contributed by atoms with Gasteiger partial charge in [0.15, 0.2) is 0 Å². The average Bonchev–Trinajstić information content (AvgIpc) is 3.13. The summed E-state index contributed by atoms with van der Waals surface area (Å²) in [7, 11) is 0. The molecule has 0 aliphatic rings. The van der Waals surface area contributed by atoms with Crippen LogP contribution in [0.5, 0.6) is 0 Å². The molecule has 2 heterocycles. The number of nitrogens with one attached hydrogen (secondary N) is 1. The zero-order valence-corrected chi connectivity index (χ0v) is 14.8. The quantitative estimate of drug-likeness (QED) is 0.671. The molecule has 1 N–H and O–H groups in total. The second-order valence-corrected chi connectivity index (χ2v) is 6.49. The van der Waals surface area contributed by atoms with E-state index in [2.05, 4.69) is 5.32 Å². The van der Waals surface area contributed by atoms with Crippen LogP contribution in [0.3, 0.4) is 0 Å². The molecule has 0 atom stereocenters. The van der Waals surface area contributed by atoms with E-state index in [1.165, 1.54) is 23.5 Å². The van der Waals surface area contributed by atoms with Crippen molar-refractivity contribution in [2.45, 2.75) is 13.5 Å². The van der Waals surface area contributed by atoms with Crippen molar-refractivity contribution in [1.82, 2.24) is 4.57 Å². The number of benzene rings is 1. The fraction of sp³-hybridized carbons (Fsp3) is 0.176. The number of anilines is 1. The smallest absolute Gasteiger partial charge is 0.355 e. The Kier molecular flexibility index (Phi) is 5.06. The van der Waals surface area contributed by atoms with Gasteiger partial charge < -0.3 is 14.6 Å². The van der Waals surface area contributed by atoms with E-state index >= 15 is 0 Å². The SMILES string of the molecule is CCOC(=O)c1cc2ccsc2n1CC(=O)Nc1ccc(F)cc1Cl. The molecule has 8 heteroatoms. The van der Waals surface area contributed by atoms with Crippen molar-refractivity contribution in [3.8, 4) is 0 Å². The fourth-order valence-corrected chi connectivity index (χ4v) is 3.54. The predicted molar refractivity (Wildman–Crippen MR) is 95.8 cm³/mol. The van der Waals surface area contributed by atoms with Gasteiger partial charge in [0.1, 0.15) is 22.9 Å². The number of thiophene rings is 1. The molecule has 1 aromatic carbocycles. The Morgan fingerprint density at radius 3 is 2.84 bits per heavy atom. The summed E-state index contributed by atoms with van der Waals surface area (Å²) in [4.78, 5) is 25.3. The van der Waals surface area contributed by atoms with Crippen molar-refractivity contribution in [2.75, 3.05) is 11.9 Å². The molecular weight excluding hydrogens is 367 g/mol. The molecule has 130 valence electrons. The lowest BCUT2D eigenvalue weighted by atomic mass is 10.3. The number of carbonyl (C=O) groups excluding carboxylic acids is 2. The number of ether oxygens (including phenoxy) is 1. The van der Waals surface area contributed by atoms with Crippen LogP contribution in [0.15, 0.2) is 35.7 Å². The first kappa shape index (κ1) is 17.4. The lowest BCUT2D eigenvalue weighted by molar-refractivity contribution is -0.116. The molecule has 1 amide bonds. The van der Waals surface area contributed by atoms with Gasteiger partial charge in [0, 0.05) is 5.39 Å². The highest BCUT2D eigenvalue weighted by Crippen LogP contribution is 2.27. The summed E-state index contributed by atoms with van der Waals surface area (Å²) >= 11 is 7.35. The third-order valence-electron chi connectivity index (χ3n) is 3.49. The van der Waals surface area contributed by atoms with Crippen LogP contribution in [0, 0.1) is 5.82 Å². The third kappa shape index (κ3) is 3.67. The first-order valence-corrected chi connectivity index (χ1v) is 8.74. The molecule has 0 saturated carbocycles. The molecule has 3 aromatic rings. The van der Waals surface area contributed by atoms with Crippen LogP contribution in [0.25, 0.3) is 10.2 Å². The minimum atomic E-state index is -0.488. The normalized spacial score (nSPS) is 10.8. The van der Waals surface area contributed by atoms with Crippen molar-refractivity contribution in [2.24, 2.45) is 0 Å². The van der Waals surface area contributed by atoms with E-state index in [1.807, 2.05) is 11.4 Å². The van der Waals surface area contributed by atoms with Gasteiger partial charge >= 0.3 is 5.97 Å². The Morgan fingerprint density at radius 2 is 2.12 bits per heavy atom. The molecule has 0 fully saturated rings. The minimum Gasteiger partial charge on any atom is -0.461 e. The Labute approximate surface area is 152 Å². The number of hydrogen-bond donors (Lipinski definition) is 1. The largest absolute Gasteiger partial charge is 0.461 e. The number of amides is 1. The highest BCUT2D eigenvalue weighted by Gasteiger charge is 2.19. The summed E-state index contributed by atoms with van der Waals surface area (Å²) in [6.07, 6.45) is 0. The zero-order valence-electron chi connectivity index (χ0n) is 13.2. The monoisotopic (exact) mass is 380 g/mol. The number of nitrogens with zero attached hydrogens (tertiary/aromatic N) is 1. The Morgan fingerprint density at radius 1 is 1.32 bits per heavy atom. The number of carbonyl (C=O) groups is 2. The van der Waals surface area contributed by atoms with E-state index in [0.29, 0.717) is 11.4 Å². The van der Waals surface area contributed by atoms with Crippen molar-refractivity contribution in [3.05, 3.63) is 52.2 Å². The summed E-state index contributed by atoms with van der Waals surface area (Å²) in [6, 6.07) is 7.28. The van der Waals surface area contributed by atoms with Gasteiger partial charge in [0.25, 0.3) is 0 Å². The first-order chi connectivity index (χ1) is 12.0. The van der Waals surface area contributed by atoms with Crippen LogP contribution in [-0.4, -0.2) is 23.1 Å². The summed E-state index contributed by atoms with van der Waals surface area (Å²) < 4.78 is 19.7. The van der Waals surface area contributed by atoms with E-state index < -0.39 is 11.8 Å². The maximum absolute atomic E-state index is 13.1. The molecule has 5 nitrogen and oxygen atoms in total. The highest BCUT2D eigenvalue weighted by molar-refractivity contribution is 7.16. The average molecular weight is 381 g/mol. The zero-order chi connectivity index (χ0) is 18.0. The molecule has 0 radical (unpaired) electrons. The van der Waals surface area contributed by atoms with Crippen LogP contribution < -0.4 is 5.32 Å². The van der Waals surface area contributed by atoms with Crippen LogP contribution in [0.4, 0.5) is 10.1 Å². The standard InChI is InChI=1S/C17H14ClFN2O3S/c1-2-24-17(23)14-7-10-5-6-25-16(10)21(14)9-15(22)20-13-4-3-11(19)8-12(13)18/h3-8H,2,9H2,1H3,(H,20,22). The molecular formula is C17H14ClFN2O3S. The number of esters is 1. The van der Waals surface area contributed by atoms with Crippen molar-refractivity contribution in [1.29, 1.82) is 0 Å². The lowest BCUT2D eigenvalue weighted by Gasteiger charge is -2.11. The van der Waals surface area contributed by atoms with Gasteiger partial charge in [0.05, 0.1) is 17.3 Å².